The van der Waals surface area contributed by atoms with Gasteiger partial charge in [0.2, 0.25) is 5.91 Å². The number of amides is 1. The highest BCUT2D eigenvalue weighted by atomic mass is 16.2. The molecule has 4 heteroatoms. The fourth-order valence-electron chi connectivity index (χ4n) is 3.66. The summed E-state index contributed by atoms with van der Waals surface area (Å²) in [4.78, 5) is 16.9. The maximum atomic E-state index is 12.3. The van der Waals surface area contributed by atoms with Crippen LogP contribution >= 0.6 is 0 Å². The molecule has 1 saturated heterocycles. The molecule has 1 aliphatic carbocycles. The van der Waals surface area contributed by atoms with Crippen LogP contribution in [0.25, 0.3) is 0 Å². The molecule has 2 aliphatic rings. The van der Waals surface area contributed by atoms with Crippen LogP contribution in [-0.2, 0) is 4.79 Å². The molecule has 4 nitrogen and oxygen atoms in total. The zero-order chi connectivity index (χ0) is 15.2. The minimum absolute atomic E-state index is 0.370. The first-order chi connectivity index (χ1) is 10.0. The quantitative estimate of drug-likeness (QED) is 0.845. The van der Waals surface area contributed by atoms with E-state index in [9.17, 15) is 4.79 Å². The molecule has 0 aromatic heterocycles. The summed E-state index contributed by atoms with van der Waals surface area (Å²) in [6.07, 6.45) is 6.54. The Morgan fingerprint density at radius 1 is 1.10 bits per heavy atom. The van der Waals surface area contributed by atoms with Crippen molar-refractivity contribution >= 4 is 5.91 Å². The number of nitrogens with zero attached hydrogens (tertiary/aromatic N) is 2. The molecule has 1 saturated carbocycles. The maximum absolute atomic E-state index is 12.3. The molecular formula is C17H33N3O. The average Bonchev–Trinajstić information content (AvgIpc) is 2.46. The smallest absolute Gasteiger partial charge is 0.222 e. The maximum Gasteiger partial charge on any atom is 0.222 e. The lowest BCUT2D eigenvalue weighted by atomic mass is 9.83. The number of hydrogen-bond acceptors (Lipinski definition) is 3. The van der Waals surface area contributed by atoms with Gasteiger partial charge in [0.05, 0.1) is 0 Å². The Hall–Kier alpha value is -0.610. The predicted octanol–water partition coefficient (Wildman–Crippen LogP) is 2.08. The van der Waals surface area contributed by atoms with Gasteiger partial charge in [-0.15, -0.1) is 0 Å². The normalized spacial score (nSPS) is 28.1. The largest absolute Gasteiger partial charge is 0.340 e. The minimum atomic E-state index is 0.370. The molecule has 0 radical (unpaired) electrons. The van der Waals surface area contributed by atoms with Crippen LogP contribution in [0, 0.1) is 11.8 Å². The van der Waals surface area contributed by atoms with Gasteiger partial charge in [0.15, 0.2) is 0 Å². The Morgan fingerprint density at radius 3 is 2.29 bits per heavy atom. The molecule has 0 bridgehead atoms. The molecular weight excluding hydrogens is 262 g/mol. The second-order valence-electron chi connectivity index (χ2n) is 7.39. The third-order valence-corrected chi connectivity index (χ3v) is 5.01. The van der Waals surface area contributed by atoms with Gasteiger partial charge < -0.3 is 10.6 Å². The summed E-state index contributed by atoms with van der Waals surface area (Å²) in [7, 11) is 0. The molecule has 122 valence electrons. The Labute approximate surface area is 130 Å². The predicted molar refractivity (Wildman–Crippen MR) is 87.0 cm³/mol. The summed E-state index contributed by atoms with van der Waals surface area (Å²) < 4.78 is 0. The van der Waals surface area contributed by atoms with Crippen molar-refractivity contribution in [2.75, 3.05) is 32.7 Å². The van der Waals surface area contributed by atoms with Crippen LogP contribution < -0.4 is 5.73 Å². The molecule has 2 N–H and O–H groups in total. The fourth-order valence-corrected chi connectivity index (χ4v) is 3.66. The number of nitrogens with two attached hydrogens (primary N) is 1. The van der Waals surface area contributed by atoms with Gasteiger partial charge in [0.25, 0.3) is 0 Å². The molecule has 1 amide bonds. The van der Waals surface area contributed by atoms with E-state index in [4.69, 9.17) is 5.73 Å². The molecule has 0 aromatic carbocycles. The second kappa shape index (κ2) is 8.14. The molecule has 1 aliphatic heterocycles. The van der Waals surface area contributed by atoms with Gasteiger partial charge in [-0.2, -0.15) is 0 Å². The van der Waals surface area contributed by atoms with E-state index in [2.05, 4.69) is 23.6 Å². The first kappa shape index (κ1) is 16.8. The highest BCUT2D eigenvalue weighted by molar-refractivity contribution is 5.76. The van der Waals surface area contributed by atoms with Crippen molar-refractivity contribution in [3.63, 3.8) is 0 Å². The topological polar surface area (TPSA) is 49.6 Å². The van der Waals surface area contributed by atoms with Crippen LogP contribution in [0.5, 0.6) is 0 Å². The van der Waals surface area contributed by atoms with E-state index < -0.39 is 0 Å². The SMILES string of the molecule is CC(C)CN1CCN(C(=O)CCC2CCC(N)CC2)CC1. The van der Waals surface area contributed by atoms with Crippen LogP contribution in [0.3, 0.4) is 0 Å². The second-order valence-corrected chi connectivity index (χ2v) is 7.39. The van der Waals surface area contributed by atoms with Crippen molar-refractivity contribution in [1.29, 1.82) is 0 Å². The van der Waals surface area contributed by atoms with Gasteiger partial charge >= 0.3 is 0 Å². The number of carbonyl (C=O) groups excluding carboxylic acids is 1. The first-order valence-corrected chi connectivity index (χ1v) is 8.80. The van der Waals surface area contributed by atoms with E-state index in [1.807, 2.05) is 0 Å². The fraction of sp³-hybridized carbons (Fsp3) is 0.941. The molecule has 1 heterocycles. The van der Waals surface area contributed by atoms with Gasteiger partial charge in [-0.05, 0) is 43.9 Å². The van der Waals surface area contributed by atoms with Crippen molar-refractivity contribution < 1.29 is 4.79 Å². The number of carbonyl (C=O) groups is 1. The van der Waals surface area contributed by atoms with E-state index >= 15 is 0 Å². The third-order valence-electron chi connectivity index (χ3n) is 5.01. The average molecular weight is 295 g/mol. The van der Waals surface area contributed by atoms with Crippen molar-refractivity contribution in [1.82, 2.24) is 9.80 Å². The molecule has 2 rings (SSSR count). The van der Waals surface area contributed by atoms with Gasteiger partial charge in [-0.1, -0.05) is 13.8 Å². The third kappa shape index (κ3) is 5.59. The molecule has 0 atom stereocenters. The zero-order valence-corrected chi connectivity index (χ0v) is 13.9. The highest BCUT2D eigenvalue weighted by Gasteiger charge is 2.23. The van der Waals surface area contributed by atoms with E-state index in [0.717, 1.165) is 64.3 Å². The summed E-state index contributed by atoms with van der Waals surface area (Å²) in [5.74, 6) is 1.81. The summed E-state index contributed by atoms with van der Waals surface area (Å²) in [5, 5.41) is 0. The van der Waals surface area contributed by atoms with Gasteiger partial charge in [-0.3, -0.25) is 9.69 Å². The van der Waals surface area contributed by atoms with Crippen LogP contribution in [0.2, 0.25) is 0 Å². The number of piperazine rings is 1. The van der Waals surface area contributed by atoms with Crippen LogP contribution in [0.1, 0.15) is 52.4 Å². The van der Waals surface area contributed by atoms with E-state index in [1.165, 1.54) is 12.8 Å². The van der Waals surface area contributed by atoms with Crippen molar-refractivity contribution in [3.05, 3.63) is 0 Å². The van der Waals surface area contributed by atoms with E-state index in [1.54, 1.807) is 0 Å². The number of hydrogen-bond donors (Lipinski definition) is 1. The van der Waals surface area contributed by atoms with Crippen LogP contribution in [-0.4, -0.2) is 54.5 Å². The lowest BCUT2D eigenvalue weighted by molar-refractivity contribution is -0.133. The Kier molecular flexibility index (Phi) is 6.49. The Morgan fingerprint density at radius 2 is 1.71 bits per heavy atom. The Bertz CT molecular complexity index is 316. The van der Waals surface area contributed by atoms with Crippen molar-refractivity contribution in [2.24, 2.45) is 17.6 Å². The van der Waals surface area contributed by atoms with Gasteiger partial charge in [0.1, 0.15) is 0 Å². The van der Waals surface area contributed by atoms with Gasteiger partial charge in [0, 0.05) is 45.2 Å². The Balaban J connectivity index is 1.63. The lowest BCUT2D eigenvalue weighted by Gasteiger charge is -2.36. The molecule has 0 spiro atoms. The molecule has 21 heavy (non-hydrogen) atoms. The molecule has 0 unspecified atom stereocenters. The number of rotatable bonds is 5. The van der Waals surface area contributed by atoms with Crippen molar-refractivity contribution in [3.8, 4) is 0 Å². The van der Waals surface area contributed by atoms with Crippen LogP contribution in [0.15, 0.2) is 0 Å². The van der Waals surface area contributed by atoms with Crippen molar-refractivity contribution in [2.45, 2.75) is 58.4 Å². The summed E-state index contributed by atoms with van der Waals surface area (Å²) in [6.45, 7) is 9.60. The monoisotopic (exact) mass is 295 g/mol. The summed E-state index contributed by atoms with van der Waals surface area (Å²) >= 11 is 0. The highest BCUT2D eigenvalue weighted by Crippen LogP contribution is 2.27. The summed E-state index contributed by atoms with van der Waals surface area (Å²) in [6, 6.07) is 0.408. The first-order valence-electron chi connectivity index (χ1n) is 8.80. The molecule has 2 fully saturated rings. The van der Waals surface area contributed by atoms with E-state index in [-0.39, 0.29) is 0 Å². The lowest BCUT2D eigenvalue weighted by Crippen LogP contribution is -2.49. The summed E-state index contributed by atoms with van der Waals surface area (Å²) in [5.41, 5.74) is 5.94. The zero-order valence-electron chi connectivity index (χ0n) is 13.9. The minimum Gasteiger partial charge on any atom is -0.340 e. The van der Waals surface area contributed by atoms with E-state index in [0.29, 0.717) is 17.9 Å². The standard InChI is InChI=1S/C17H33N3O/c1-14(2)13-19-9-11-20(12-10-19)17(21)8-5-15-3-6-16(18)7-4-15/h14-16H,3-13,18H2,1-2H3. The van der Waals surface area contributed by atoms with Crippen LogP contribution in [0.4, 0.5) is 0 Å². The van der Waals surface area contributed by atoms with Gasteiger partial charge in [-0.25, -0.2) is 0 Å². The molecule has 0 aromatic rings.